The summed E-state index contributed by atoms with van der Waals surface area (Å²) in [5.74, 6) is -0.608. The molecule has 2 rings (SSSR count). The zero-order chi connectivity index (χ0) is 17.1. The lowest BCUT2D eigenvalue weighted by Crippen LogP contribution is -2.29. The quantitative estimate of drug-likeness (QED) is 0.333. The highest BCUT2D eigenvalue weighted by Gasteiger charge is 2.25. The van der Waals surface area contributed by atoms with Gasteiger partial charge in [0.05, 0.1) is 11.4 Å². The number of halogens is 3. The number of nitrogen functional groups attached to an aromatic ring is 2. The average Bonchev–Trinajstić information content (AvgIpc) is 2.53. The fourth-order valence-electron chi connectivity index (χ4n) is 1.74. The molecule has 23 heavy (non-hydrogen) atoms. The Labute approximate surface area is 147 Å². The summed E-state index contributed by atoms with van der Waals surface area (Å²) in [6.45, 7) is 1.73. The molecule has 0 radical (unpaired) electrons. The van der Waals surface area contributed by atoms with Gasteiger partial charge in [-0.15, -0.1) is 0 Å². The molecule has 9 heteroatoms. The van der Waals surface area contributed by atoms with Gasteiger partial charge in [-0.05, 0) is 36.2 Å². The van der Waals surface area contributed by atoms with E-state index in [4.69, 9.17) is 46.3 Å². The summed E-state index contributed by atoms with van der Waals surface area (Å²) in [5.41, 5.74) is 15.7. The molecule has 1 heterocycles. The Hall–Kier alpha value is -2.02. The molecule has 0 spiro atoms. The number of nitrogens with zero attached hydrogens (tertiary/aromatic N) is 1. The van der Waals surface area contributed by atoms with Crippen molar-refractivity contribution < 1.29 is 9.78 Å². The van der Waals surface area contributed by atoms with Crippen molar-refractivity contribution in [2.75, 3.05) is 11.5 Å². The van der Waals surface area contributed by atoms with E-state index in [1.807, 2.05) is 6.07 Å². The van der Waals surface area contributed by atoms with E-state index in [2.05, 4.69) is 15.5 Å². The van der Waals surface area contributed by atoms with Gasteiger partial charge < -0.3 is 11.5 Å². The van der Waals surface area contributed by atoms with E-state index in [1.165, 1.54) is 0 Å². The number of nitrogens with two attached hydrogens (primary N) is 2. The number of aromatic amines is 1. The number of aromatic nitrogens is 1. The summed E-state index contributed by atoms with van der Waals surface area (Å²) < 4.78 is 0. The number of H-pyrrole nitrogens is 1. The average molecular weight is 374 g/mol. The van der Waals surface area contributed by atoms with Crippen molar-refractivity contribution in [2.45, 2.75) is 6.92 Å². The van der Waals surface area contributed by atoms with Crippen molar-refractivity contribution >= 4 is 57.8 Å². The molecule has 0 bridgehead atoms. The Morgan fingerprint density at radius 2 is 1.91 bits per heavy atom. The van der Waals surface area contributed by atoms with Gasteiger partial charge in [-0.1, -0.05) is 35.3 Å². The lowest BCUT2D eigenvalue weighted by atomic mass is 10.1. The standard InChI is InChI=1S/C14H12Cl3N5O/c1-6(7-3-2-4-8(18)5-7)21-22-14(23)12-9(15)11(19)10(16)13(17)20-12/h2-5H,18H2,1H3,(H2,19,20)(H,22,23)/p+1/b21-6-. The zero-order valence-electron chi connectivity index (χ0n) is 12.0. The highest BCUT2D eigenvalue weighted by molar-refractivity contribution is 6.45. The van der Waals surface area contributed by atoms with Gasteiger partial charge >= 0.3 is 5.91 Å². The van der Waals surface area contributed by atoms with E-state index >= 15 is 0 Å². The lowest BCUT2D eigenvalue weighted by molar-refractivity contribution is -0.379. The summed E-state index contributed by atoms with van der Waals surface area (Å²) in [7, 11) is 0. The first-order valence-corrected chi connectivity index (χ1v) is 7.50. The number of hydrogen-bond acceptors (Lipinski definition) is 4. The van der Waals surface area contributed by atoms with E-state index in [-0.39, 0.29) is 26.6 Å². The lowest BCUT2D eigenvalue weighted by Gasteiger charge is -2.04. The van der Waals surface area contributed by atoms with Crippen molar-refractivity contribution in [1.82, 2.24) is 5.43 Å². The van der Waals surface area contributed by atoms with Crippen LogP contribution in [0.2, 0.25) is 15.2 Å². The summed E-state index contributed by atoms with van der Waals surface area (Å²) >= 11 is 17.7. The number of benzene rings is 1. The van der Waals surface area contributed by atoms with Gasteiger partial charge in [0.1, 0.15) is 10.0 Å². The number of carbonyl (C=O) groups is 1. The molecule has 0 saturated carbocycles. The van der Waals surface area contributed by atoms with Crippen LogP contribution in [0.3, 0.4) is 0 Å². The highest BCUT2D eigenvalue weighted by Crippen LogP contribution is 2.31. The zero-order valence-corrected chi connectivity index (χ0v) is 14.2. The molecule has 0 atom stereocenters. The van der Waals surface area contributed by atoms with Gasteiger partial charge in [0.25, 0.3) is 10.8 Å². The smallest absolute Gasteiger partial charge is 0.337 e. The number of hydrazone groups is 1. The molecule has 0 aliphatic rings. The molecule has 0 aliphatic heterocycles. The number of amides is 1. The molecule has 0 fully saturated rings. The topological polar surface area (TPSA) is 108 Å². The number of pyridine rings is 1. The van der Waals surface area contributed by atoms with Gasteiger partial charge in [-0.25, -0.2) is 5.43 Å². The Kier molecular flexibility index (Phi) is 5.30. The van der Waals surface area contributed by atoms with Gasteiger partial charge in [0.15, 0.2) is 0 Å². The molecule has 6 nitrogen and oxygen atoms in total. The number of rotatable bonds is 3. The van der Waals surface area contributed by atoms with Crippen LogP contribution >= 0.6 is 34.8 Å². The fraction of sp³-hybridized carbons (Fsp3) is 0.0714. The van der Waals surface area contributed by atoms with E-state index in [0.717, 1.165) is 5.56 Å². The Morgan fingerprint density at radius 3 is 2.57 bits per heavy atom. The minimum absolute atomic E-state index is 0.00949. The third-order valence-electron chi connectivity index (χ3n) is 2.98. The molecular formula is C14H13Cl3N5O+. The minimum Gasteiger partial charge on any atom is -0.399 e. The van der Waals surface area contributed by atoms with Gasteiger partial charge in [0.2, 0.25) is 0 Å². The van der Waals surface area contributed by atoms with Crippen molar-refractivity contribution in [3.05, 3.63) is 50.7 Å². The third kappa shape index (κ3) is 3.85. The Bertz CT molecular complexity index is 807. The predicted octanol–water partition coefficient (Wildman–Crippen LogP) is 2.78. The normalized spacial score (nSPS) is 11.4. The van der Waals surface area contributed by atoms with Crippen molar-refractivity contribution in [1.29, 1.82) is 0 Å². The molecular weight excluding hydrogens is 361 g/mol. The first-order chi connectivity index (χ1) is 10.8. The second kappa shape index (κ2) is 7.04. The second-order valence-corrected chi connectivity index (χ2v) is 5.75. The predicted molar refractivity (Wildman–Crippen MR) is 93.0 cm³/mol. The number of carbonyl (C=O) groups excluding carboxylic acids is 1. The second-order valence-electron chi connectivity index (χ2n) is 4.62. The van der Waals surface area contributed by atoms with Crippen molar-refractivity contribution in [3.8, 4) is 0 Å². The Balaban J connectivity index is 2.25. The van der Waals surface area contributed by atoms with Crippen molar-refractivity contribution in [3.63, 3.8) is 0 Å². The van der Waals surface area contributed by atoms with Crippen LogP contribution in [0.4, 0.5) is 11.4 Å². The van der Waals surface area contributed by atoms with E-state index < -0.39 is 5.91 Å². The van der Waals surface area contributed by atoms with Gasteiger partial charge in [0, 0.05) is 5.69 Å². The summed E-state index contributed by atoms with van der Waals surface area (Å²) in [5, 5.41) is 4.03. The molecule has 6 N–H and O–H groups in total. The SMILES string of the molecule is C/C(=N/NC(=O)c1[nH+]c(Cl)c(Cl)c(N)c1Cl)c1cccc(N)c1. The van der Waals surface area contributed by atoms with E-state index in [0.29, 0.717) is 11.4 Å². The summed E-state index contributed by atoms with van der Waals surface area (Å²) in [6.07, 6.45) is 0. The Morgan fingerprint density at radius 1 is 1.22 bits per heavy atom. The van der Waals surface area contributed by atoms with Crippen LogP contribution in [-0.2, 0) is 0 Å². The van der Waals surface area contributed by atoms with Gasteiger partial charge in [-0.2, -0.15) is 10.1 Å². The molecule has 1 aromatic heterocycles. The monoisotopic (exact) mass is 372 g/mol. The van der Waals surface area contributed by atoms with E-state index in [1.54, 1.807) is 25.1 Å². The molecule has 0 aliphatic carbocycles. The maximum Gasteiger partial charge on any atom is 0.337 e. The number of anilines is 2. The minimum atomic E-state index is -0.608. The molecule has 0 unspecified atom stereocenters. The van der Waals surface area contributed by atoms with Gasteiger partial charge in [-0.3, -0.25) is 4.79 Å². The molecule has 2 aromatic rings. The first-order valence-electron chi connectivity index (χ1n) is 6.37. The van der Waals surface area contributed by atoms with Crippen LogP contribution in [0, 0.1) is 0 Å². The fourth-order valence-corrected chi connectivity index (χ4v) is 2.36. The maximum absolute atomic E-state index is 12.2. The van der Waals surface area contributed by atoms with Crippen LogP contribution in [0.15, 0.2) is 29.4 Å². The summed E-state index contributed by atoms with van der Waals surface area (Å²) in [4.78, 5) is 14.7. The molecule has 1 amide bonds. The van der Waals surface area contributed by atoms with Crippen LogP contribution in [0.25, 0.3) is 0 Å². The third-order valence-corrected chi connectivity index (χ3v) is 4.14. The highest BCUT2D eigenvalue weighted by atomic mass is 35.5. The first kappa shape index (κ1) is 17.3. The molecule has 1 aromatic carbocycles. The van der Waals surface area contributed by atoms with Crippen LogP contribution < -0.4 is 21.9 Å². The molecule has 0 saturated heterocycles. The maximum atomic E-state index is 12.2. The summed E-state index contributed by atoms with van der Waals surface area (Å²) in [6, 6.07) is 7.09. The van der Waals surface area contributed by atoms with Crippen LogP contribution in [0.5, 0.6) is 0 Å². The van der Waals surface area contributed by atoms with Crippen LogP contribution in [-0.4, -0.2) is 11.6 Å². The van der Waals surface area contributed by atoms with Crippen LogP contribution in [0.1, 0.15) is 23.0 Å². The van der Waals surface area contributed by atoms with E-state index in [9.17, 15) is 4.79 Å². The number of nitrogens with one attached hydrogen (secondary N) is 2. The number of hydrogen-bond donors (Lipinski definition) is 3. The van der Waals surface area contributed by atoms with Crippen molar-refractivity contribution in [2.24, 2.45) is 5.10 Å². The molecule has 120 valence electrons. The largest absolute Gasteiger partial charge is 0.399 e.